The van der Waals surface area contributed by atoms with Crippen LogP contribution in [0.2, 0.25) is 0 Å². The summed E-state index contributed by atoms with van der Waals surface area (Å²) in [5.41, 5.74) is 0.790. The third kappa shape index (κ3) is 3.93. The van der Waals surface area contributed by atoms with Crippen LogP contribution in [0.15, 0.2) is 47.4 Å². The Kier molecular flexibility index (Phi) is 4.81. The van der Waals surface area contributed by atoms with Gasteiger partial charge in [-0.3, -0.25) is 0 Å². The molecule has 7 nitrogen and oxygen atoms in total. The van der Waals surface area contributed by atoms with Gasteiger partial charge in [0.1, 0.15) is 24.1 Å². The molecule has 0 saturated heterocycles. The molecule has 0 saturated carbocycles. The van der Waals surface area contributed by atoms with Gasteiger partial charge in [-0.25, -0.2) is 32.0 Å². The molecule has 0 spiro atoms. The molecule has 26 heavy (non-hydrogen) atoms. The molecule has 10 heteroatoms. The first-order valence-corrected chi connectivity index (χ1v) is 8.95. The zero-order valence-corrected chi connectivity index (χ0v) is 14.1. The highest BCUT2D eigenvalue weighted by Gasteiger charge is 2.14. The standard InChI is InChI=1S/C16H14F2N4O3S/c17-11-5-10(6-12(18)8-11)7-16-20-15(9-23)21-22(16)13-1-3-14(4-2-13)26(19,24)25/h1-6,8,23H,7,9H2,(H2,19,24,25). The Morgan fingerprint density at radius 3 is 2.23 bits per heavy atom. The number of hydrogen-bond acceptors (Lipinski definition) is 5. The van der Waals surface area contributed by atoms with Crippen molar-refractivity contribution in [1.29, 1.82) is 0 Å². The zero-order chi connectivity index (χ0) is 18.9. The first kappa shape index (κ1) is 18.1. The summed E-state index contributed by atoms with van der Waals surface area (Å²) >= 11 is 0. The van der Waals surface area contributed by atoms with E-state index < -0.39 is 28.3 Å². The number of sulfonamides is 1. The van der Waals surface area contributed by atoms with Crippen molar-refractivity contribution < 1.29 is 22.3 Å². The molecule has 0 amide bonds. The highest BCUT2D eigenvalue weighted by molar-refractivity contribution is 7.89. The summed E-state index contributed by atoms with van der Waals surface area (Å²) in [6, 6.07) is 8.64. The van der Waals surface area contributed by atoms with Gasteiger partial charge in [-0.15, -0.1) is 5.10 Å². The first-order valence-electron chi connectivity index (χ1n) is 7.40. The summed E-state index contributed by atoms with van der Waals surface area (Å²) in [7, 11) is -3.84. The second-order valence-corrected chi connectivity index (χ2v) is 7.07. The van der Waals surface area contributed by atoms with Crippen molar-refractivity contribution in [2.45, 2.75) is 17.9 Å². The van der Waals surface area contributed by atoms with E-state index in [2.05, 4.69) is 10.1 Å². The molecule has 0 aliphatic carbocycles. The van der Waals surface area contributed by atoms with Crippen molar-refractivity contribution >= 4 is 10.0 Å². The fraction of sp³-hybridized carbons (Fsp3) is 0.125. The van der Waals surface area contributed by atoms with Crippen LogP contribution in [0.1, 0.15) is 17.2 Å². The monoisotopic (exact) mass is 380 g/mol. The molecule has 0 bridgehead atoms. The van der Waals surface area contributed by atoms with E-state index in [-0.39, 0.29) is 17.1 Å². The largest absolute Gasteiger partial charge is 0.388 e. The predicted octanol–water partition coefficient (Wildman–Crippen LogP) is 1.28. The molecule has 3 rings (SSSR count). The van der Waals surface area contributed by atoms with Crippen LogP contribution in [-0.4, -0.2) is 28.3 Å². The van der Waals surface area contributed by atoms with Gasteiger partial charge in [0.2, 0.25) is 10.0 Å². The number of aliphatic hydroxyl groups excluding tert-OH is 1. The summed E-state index contributed by atoms with van der Waals surface area (Å²) < 4.78 is 50.8. The Balaban J connectivity index is 2.01. The summed E-state index contributed by atoms with van der Waals surface area (Å²) in [5, 5.41) is 18.5. The molecule has 3 aromatic rings. The van der Waals surface area contributed by atoms with Crippen molar-refractivity contribution in [3.8, 4) is 5.69 Å². The molecule has 0 aliphatic heterocycles. The molecule has 136 valence electrons. The quantitative estimate of drug-likeness (QED) is 0.693. The van der Waals surface area contributed by atoms with Crippen LogP contribution >= 0.6 is 0 Å². The van der Waals surface area contributed by atoms with E-state index in [1.807, 2.05) is 0 Å². The van der Waals surface area contributed by atoms with Gasteiger partial charge in [0.15, 0.2) is 5.82 Å². The number of benzene rings is 2. The van der Waals surface area contributed by atoms with Crippen molar-refractivity contribution in [3.05, 3.63) is 71.3 Å². The summed E-state index contributed by atoms with van der Waals surface area (Å²) in [6.45, 7) is -0.424. The molecule has 2 aromatic carbocycles. The first-order chi connectivity index (χ1) is 12.3. The molecular weight excluding hydrogens is 366 g/mol. The number of nitrogens with two attached hydrogens (primary N) is 1. The fourth-order valence-corrected chi connectivity index (χ4v) is 2.97. The van der Waals surface area contributed by atoms with Gasteiger partial charge in [0.05, 0.1) is 10.6 Å². The topological polar surface area (TPSA) is 111 Å². The Morgan fingerprint density at radius 1 is 1.08 bits per heavy atom. The number of halogens is 2. The molecule has 1 aromatic heterocycles. The van der Waals surface area contributed by atoms with E-state index in [1.165, 1.54) is 41.1 Å². The van der Waals surface area contributed by atoms with Crippen LogP contribution < -0.4 is 5.14 Å². The van der Waals surface area contributed by atoms with E-state index in [1.54, 1.807) is 0 Å². The lowest BCUT2D eigenvalue weighted by Crippen LogP contribution is -2.12. The smallest absolute Gasteiger partial charge is 0.238 e. The highest BCUT2D eigenvalue weighted by atomic mass is 32.2. The Labute approximate surface area is 147 Å². The second-order valence-electron chi connectivity index (χ2n) is 5.51. The molecule has 0 aliphatic rings. The molecule has 0 fully saturated rings. The highest BCUT2D eigenvalue weighted by Crippen LogP contribution is 2.17. The van der Waals surface area contributed by atoms with Gasteiger partial charge in [0, 0.05) is 12.5 Å². The maximum Gasteiger partial charge on any atom is 0.238 e. The van der Waals surface area contributed by atoms with Crippen LogP contribution in [-0.2, 0) is 23.1 Å². The number of aliphatic hydroxyl groups is 1. The predicted molar refractivity (Wildman–Crippen MR) is 87.8 cm³/mol. The Bertz CT molecular complexity index is 1030. The molecule has 1 heterocycles. The van der Waals surface area contributed by atoms with Gasteiger partial charge in [0.25, 0.3) is 0 Å². The van der Waals surface area contributed by atoms with Gasteiger partial charge in [-0.2, -0.15) is 0 Å². The van der Waals surface area contributed by atoms with Crippen LogP contribution in [0.4, 0.5) is 8.78 Å². The number of nitrogens with zero attached hydrogens (tertiary/aromatic N) is 3. The van der Waals surface area contributed by atoms with Gasteiger partial charge in [-0.05, 0) is 42.0 Å². The van der Waals surface area contributed by atoms with Crippen molar-refractivity contribution in [3.63, 3.8) is 0 Å². The molecule has 0 atom stereocenters. The van der Waals surface area contributed by atoms with Crippen molar-refractivity contribution in [2.75, 3.05) is 0 Å². The fourth-order valence-electron chi connectivity index (χ4n) is 2.45. The minimum Gasteiger partial charge on any atom is -0.388 e. The van der Waals surface area contributed by atoms with E-state index in [0.29, 0.717) is 17.1 Å². The number of hydrogen-bond donors (Lipinski definition) is 2. The van der Waals surface area contributed by atoms with E-state index in [9.17, 15) is 22.3 Å². The molecule has 0 unspecified atom stereocenters. The van der Waals surface area contributed by atoms with Crippen molar-refractivity contribution in [1.82, 2.24) is 14.8 Å². The minimum atomic E-state index is -3.84. The third-order valence-corrected chi connectivity index (χ3v) is 4.48. The van der Waals surface area contributed by atoms with E-state index >= 15 is 0 Å². The molecule has 0 radical (unpaired) electrons. The average Bonchev–Trinajstić information content (AvgIpc) is 2.96. The SMILES string of the molecule is NS(=O)(=O)c1ccc(-n2nc(CO)nc2Cc2cc(F)cc(F)c2)cc1. The Morgan fingerprint density at radius 2 is 1.69 bits per heavy atom. The van der Waals surface area contributed by atoms with E-state index in [0.717, 1.165) is 6.07 Å². The normalized spacial score (nSPS) is 11.7. The van der Waals surface area contributed by atoms with Crippen LogP contribution in [0.25, 0.3) is 5.69 Å². The maximum atomic E-state index is 13.4. The summed E-state index contributed by atoms with van der Waals surface area (Å²) in [4.78, 5) is 4.07. The summed E-state index contributed by atoms with van der Waals surface area (Å²) in [6.07, 6.45) is 0.0542. The Hall–Kier alpha value is -2.69. The van der Waals surface area contributed by atoms with Gasteiger partial charge >= 0.3 is 0 Å². The number of primary sulfonamides is 1. The van der Waals surface area contributed by atoms with Crippen LogP contribution in [0.3, 0.4) is 0 Å². The molecule has 3 N–H and O–H groups in total. The van der Waals surface area contributed by atoms with Crippen LogP contribution in [0, 0.1) is 11.6 Å². The zero-order valence-electron chi connectivity index (χ0n) is 13.3. The second kappa shape index (κ2) is 6.90. The molecular formula is C16H14F2N4O3S. The number of aromatic nitrogens is 3. The lowest BCUT2D eigenvalue weighted by molar-refractivity contribution is 0.271. The van der Waals surface area contributed by atoms with Gasteiger partial charge < -0.3 is 5.11 Å². The lowest BCUT2D eigenvalue weighted by Gasteiger charge is -2.07. The summed E-state index contributed by atoms with van der Waals surface area (Å²) in [5.74, 6) is -0.994. The van der Waals surface area contributed by atoms with Crippen LogP contribution in [0.5, 0.6) is 0 Å². The average molecular weight is 380 g/mol. The van der Waals surface area contributed by atoms with Gasteiger partial charge in [-0.1, -0.05) is 0 Å². The van der Waals surface area contributed by atoms with E-state index in [4.69, 9.17) is 5.14 Å². The minimum absolute atomic E-state index is 0.0542. The third-order valence-electron chi connectivity index (χ3n) is 3.55. The lowest BCUT2D eigenvalue weighted by atomic mass is 10.1. The number of rotatable bonds is 5. The maximum absolute atomic E-state index is 13.4. The van der Waals surface area contributed by atoms with Crippen molar-refractivity contribution in [2.24, 2.45) is 5.14 Å².